The van der Waals surface area contributed by atoms with Crippen LogP contribution in [0.25, 0.3) is 0 Å². The van der Waals surface area contributed by atoms with Gasteiger partial charge in [-0.2, -0.15) is 0 Å². The Balaban J connectivity index is 1.86. The van der Waals surface area contributed by atoms with Crippen molar-refractivity contribution in [2.45, 2.75) is 33.7 Å². The van der Waals surface area contributed by atoms with Gasteiger partial charge in [0.05, 0.1) is 19.8 Å². The summed E-state index contributed by atoms with van der Waals surface area (Å²) in [7, 11) is 0. The van der Waals surface area contributed by atoms with Gasteiger partial charge in [-0.15, -0.1) is 0 Å². The highest BCUT2D eigenvalue weighted by Crippen LogP contribution is 2.19. The molecule has 1 saturated heterocycles. The summed E-state index contributed by atoms with van der Waals surface area (Å²) >= 11 is 0. The lowest BCUT2D eigenvalue weighted by Crippen LogP contribution is -2.38. The van der Waals surface area contributed by atoms with Gasteiger partial charge in [-0.3, -0.25) is 0 Å². The Hall–Kier alpha value is -1.86. The van der Waals surface area contributed by atoms with Crippen LogP contribution in [0, 0.1) is 5.92 Å². The third-order valence-electron chi connectivity index (χ3n) is 4.14. The Bertz CT molecular complexity index is 559. The zero-order chi connectivity index (χ0) is 19.3. The van der Waals surface area contributed by atoms with E-state index in [1.807, 2.05) is 12.3 Å². The summed E-state index contributed by atoms with van der Waals surface area (Å²) in [5.74, 6) is 2.43. The molecule has 2 heterocycles. The van der Waals surface area contributed by atoms with Gasteiger partial charge < -0.3 is 25.0 Å². The Morgan fingerprint density at radius 2 is 2.15 bits per heavy atom. The number of nitrogens with one attached hydrogen (secondary N) is 2. The molecule has 0 spiro atoms. The van der Waals surface area contributed by atoms with Gasteiger partial charge in [0, 0.05) is 51.2 Å². The number of anilines is 1. The lowest BCUT2D eigenvalue weighted by Gasteiger charge is -2.29. The lowest BCUT2D eigenvalue weighted by molar-refractivity contribution is 0.108. The summed E-state index contributed by atoms with van der Waals surface area (Å²) in [6.07, 6.45) is 2.81. The van der Waals surface area contributed by atoms with Crippen LogP contribution in [0.2, 0.25) is 0 Å². The average Bonchev–Trinajstić information content (AvgIpc) is 2.69. The molecule has 0 amide bonds. The normalized spacial score (nSPS) is 15.3. The number of aromatic nitrogens is 1. The van der Waals surface area contributed by atoms with Gasteiger partial charge in [-0.05, 0) is 25.3 Å². The predicted octanol–water partition coefficient (Wildman–Crippen LogP) is 2.04. The molecule has 1 fully saturated rings. The Morgan fingerprint density at radius 1 is 1.33 bits per heavy atom. The van der Waals surface area contributed by atoms with Crippen LogP contribution in [-0.2, 0) is 16.0 Å². The molecule has 1 aliphatic heterocycles. The molecule has 27 heavy (non-hydrogen) atoms. The Labute approximate surface area is 163 Å². The predicted molar refractivity (Wildman–Crippen MR) is 110 cm³/mol. The number of rotatable bonds is 10. The van der Waals surface area contributed by atoms with Crippen LogP contribution in [0.3, 0.4) is 0 Å². The van der Waals surface area contributed by atoms with E-state index in [2.05, 4.69) is 47.4 Å². The summed E-state index contributed by atoms with van der Waals surface area (Å²) in [4.78, 5) is 11.6. The van der Waals surface area contributed by atoms with Crippen LogP contribution in [-0.4, -0.2) is 63.6 Å². The number of guanidine groups is 1. The molecule has 0 unspecified atom stereocenters. The number of hydrogen-bond acceptors (Lipinski definition) is 5. The first-order valence-electron chi connectivity index (χ1n) is 10.1. The zero-order valence-corrected chi connectivity index (χ0v) is 17.0. The smallest absolute Gasteiger partial charge is 0.191 e. The van der Waals surface area contributed by atoms with Crippen LogP contribution in [0.1, 0.15) is 32.8 Å². The second-order valence-corrected chi connectivity index (χ2v) is 7.03. The molecule has 1 aromatic heterocycles. The molecule has 0 bridgehead atoms. The van der Waals surface area contributed by atoms with E-state index in [1.54, 1.807) is 0 Å². The van der Waals surface area contributed by atoms with Crippen LogP contribution in [0.4, 0.5) is 5.82 Å². The minimum absolute atomic E-state index is 0.581. The van der Waals surface area contributed by atoms with Crippen molar-refractivity contribution in [3.63, 3.8) is 0 Å². The standard InChI is InChI=1S/C20H35N5O2/c1-4-21-20(23-9-6-12-27-16-17(2)3)24-15-18-7-5-8-22-19(18)25-10-13-26-14-11-25/h5,7-8,17H,4,6,9-16H2,1-3H3,(H2,21,23,24). The molecule has 7 heteroatoms. The van der Waals surface area contributed by atoms with Gasteiger partial charge in [0.1, 0.15) is 5.82 Å². The highest BCUT2D eigenvalue weighted by Gasteiger charge is 2.15. The molecule has 1 aliphatic rings. The van der Waals surface area contributed by atoms with Crippen LogP contribution >= 0.6 is 0 Å². The minimum Gasteiger partial charge on any atom is -0.381 e. The van der Waals surface area contributed by atoms with Gasteiger partial charge in [0.15, 0.2) is 5.96 Å². The van der Waals surface area contributed by atoms with E-state index in [0.29, 0.717) is 12.5 Å². The summed E-state index contributed by atoms with van der Waals surface area (Å²) in [5.41, 5.74) is 1.14. The molecule has 7 nitrogen and oxygen atoms in total. The van der Waals surface area contributed by atoms with E-state index in [1.165, 1.54) is 0 Å². The van der Waals surface area contributed by atoms with E-state index in [4.69, 9.17) is 14.5 Å². The molecular formula is C20H35N5O2. The number of hydrogen-bond donors (Lipinski definition) is 2. The minimum atomic E-state index is 0.581. The maximum atomic E-state index is 5.62. The molecule has 1 aromatic rings. The van der Waals surface area contributed by atoms with E-state index in [0.717, 1.165) is 76.4 Å². The Morgan fingerprint density at radius 3 is 2.89 bits per heavy atom. The summed E-state index contributed by atoms with van der Waals surface area (Å²) in [6.45, 7) is 13.5. The van der Waals surface area contributed by atoms with Crippen LogP contribution in [0.5, 0.6) is 0 Å². The van der Waals surface area contributed by atoms with Gasteiger partial charge in [-0.25, -0.2) is 9.98 Å². The number of pyridine rings is 1. The number of ether oxygens (including phenoxy) is 2. The third-order valence-corrected chi connectivity index (χ3v) is 4.14. The van der Waals surface area contributed by atoms with Gasteiger partial charge >= 0.3 is 0 Å². The molecule has 0 atom stereocenters. The monoisotopic (exact) mass is 377 g/mol. The average molecular weight is 378 g/mol. The molecule has 2 rings (SSSR count). The first-order valence-corrected chi connectivity index (χ1v) is 10.1. The maximum absolute atomic E-state index is 5.62. The summed E-state index contributed by atoms with van der Waals surface area (Å²) in [6, 6.07) is 4.08. The first-order chi connectivity index (χ1) is 13.2. The fourth-order valence-corrected chi connectivity index (χ4v) is 2.82. The van der Waals surface area contributed by atoms with Crippen molar-refractivity contribution >= 4 is 11.8 Å². The number of nitrogens with zero attached hydrogens (tertiary/aromatic N) is 3. The van der Waals surface area contributed by atoms with E-state index in [-0.39, 0.29) is 0 Å². The highest BCUT2D eigenvalue weighted by molar-refractivity contribution is 5.79. The maximum Gasteiger partial charge on any atom is 0.191 e. The van der Waals surface area contributed by atoms with Crippen molar-refractivity contribution in [3.05, 3.63) is 23.9 Å². The second-order valence-electron chi connectivity index (χ2n) is 7.03. The van der Waals surface area contributed by atoms with Crippen molar-refractivity contribution in [3.8, 4) is 0 Å². The number of aliphatic imine (C=N–C) groups is 1. The molecule has 0 aliphatic carbocycles. The molecule has 0 saturated carbocycles. The molecule has 0 radical (unpaired) electrons. The first kappa shape index (κ1) is 21.4. The van der Waals surface area contributed by atoms with E-state index in [9.17, 15) is 0 Å². The van der Waals surface area contributed by atoms with Gasteiger partial charge in [0.2, 0.25) is 0 Å². The summed E-state index contributed by atoms with van der Waals surface area (Å²) < 4.78 is 11.1. The number of morpholine rings is 1. The fraction of sp³-hybridized carbons (Fsp3) is 0.700. The largest absolute Gasteiger partial charge is 0.381 e. The van der Waals surface area contributed by atoms with Crippen molar-refractivity contribution in [2.75, 3.05) is 57.5 Å². The van der Waals surface area contributed by atoms with Crippen molar-refractivity contribution in [2.24, 2.45) is 10.9 Å². The molecule has 0 aromatic carbocycles. The molecule has 2 N–H and O–H groups in total. The SMILES string of the molecule is CCNC(=NCc1cccnc1N1CCOCC1)NCCCOCC(C)C. The van der Waals surface area contributed by atoms with E-state index < -0.39 is 0 Å². The lowest BCUT2D eigenvalue weighted by atomic mass is 10.2. The Kier molecular flexibility index (Phi) is 9.94. The highest BCUT2D eigenvalue weighted by atomic mass is 16.5. The van der Waals surface area contributed by atoms with Crippen molar-refractivity contribution in [1.29, 1.82) is 0 Å². The topological polar surface area (TPSA) is 71.0 Å². The summed E-state index contributed by atoms with van der Waals surface area (Å²) in [5, 5.41) is 6.69. The van der Waals surface area contributed by atoms with Gasteiger partial charge in [0.25, 0.3) is 0 Å². The molecule has 152 valence electrons. The van der Waals surface area contributed by atoms with E-state index >= 15 is 0 Å². The van der Waals surface area contributed by atoms with Crippen molar-refractivity contribution in [1.82, 2.24) is 15.6 Å². The fourth-order valence-electron chi connectivity index (χ4n) is 2.82. The van der Waals surface area contributed by atoms with Crippen molar-refractivity contribution < 1.29 is 9.47 Å². The van der Waals surface area contributed by atoms with Crippen LogP contribution in [0.15, 0.2) is 23.3 Å². The quantitative estimate of drug-likeness (QED) is 0.369. The second kappa shape index (κ2) is 12.5. The van der Waals surface area contributed by atoms with Crippen LogP contribution < -0.4 is 15.5 Å². The van der Waals surface area contributed by atoms with Gasteiger partial charge in [-0.1, -0.05) is 19.9 Å². The zero-order valence-electron chi connectivity index (χ0n) is 17.0. The molecular weight excluding hydrogens is 342 g/mol. The third kappa shape index (κ3) is 8.13.